The number of likely N-dealkylation sites (N-methyl/N-ethyl adjacent to an activating group) is 1. The summed E-state index contributed by atoms with van der Waals surface area (Å²) in [7, 11) is 0. The van der Waals surface area contributed by atoms with Crippen LogP contribution in [0.2, 0.25) is 0 Å². The van der Waals surface area contributed by atoms with E-state index in [0.29, 0.717) is 6.04 Å². The summed E-state index contributed by atoms with van der Waals surface area (Å²) >= 11 is 1.67. The first-order chi connectivity index (χ1) is 7.31. The number of thiophene rings is 1. The number of rotatable bonds is 4. The molecule has 2 rings (SSSR count). The van der Waals surface area contributed by atoms with Crippen molar-refractivity contribution in [2.24, 2.45) is 0 Å². The van der Waals surface area contributed by atoms with Crippen molar-refractivity contribution in [3.05, 3.63) is 23.5 Å². The SMILES string of the molecule is CCNC(C)Cc1ncnc2sccc12. The molecule has 1 unspecified atom stereocenters. The largest absolute Gasteiger partial charge is 0.314 e. The lowest BCUT2D eigenvalue weighted by Gasteiger charge is -2.11. The Bertz CT molecular complexity index is 438. The molecule has 0 saturated heterocycles. The molecule has 0 aliphatic rings. The molecule has 4 heteroatoms. The van der Waals surface area contributed by atoms with Gasteiger partial charge in [0.2, 0.25) is 0 Å². The molecule has 0 saturated carbocycles. The summed E-state index contributed by atoms with van der Waals surface area (Å²) in [5, 5.41) is 6.67. The van der Waals surface area contributed by atoms with Gasteiger partial charge >= 0.3 is 0 Å². The standard InChI is InChI=1S/C11H15N3S/c1-3-12-8(2)6-10-9-4-5-15-11(9)14-7-13-10/h4-5,7-8,12H,3,6H2,1-2H3. The molecular weight excluding hydrogens is 206 g/mol. The van der Waals surface area contributed by atoms with Crippen LogP contribution in [0.1, 0.15) is 19.5 Å². The molecule has 2 aromatic heterocycles. The zero-order valence-corrected chi connectivity index (χ0v) is 9.84. The van der Waals surface area contributed by atoms with E-state index in [0.717, 1.165) is 23.5 Å². The van der Waals surface area contributed by atoms with Crippen LogP contribution in [0.15, 0.2) is 17.8 Å². The Hall–Kier alpha value is -1.00. The highest BCUT2D eigenvalue weighted by Crippen LogP contribution is 2.20. The molecule has 1 N–H and O–H groups in total. The molecule has 1 atom stereocenters. The maximum Gasteiger partial charge on any atom is 0.126 e. The van der Waals surface area contributed by atoms with Crippen molar-refractivity contribution in [1.29, 1.82) is 0 Å². The summed E-state index contributed by atoms with van der Waals surface area (Å²) < 4.78 is 0. The summed E-state index contributed by atoms with van der Waals surface area (Å²) in [5.74, 6) is 0. The van der Waals surface area contributed by atoms with Crippen LogP contribution in [0.4, 0.5) is 0 Å². The van der Waals surface area contributed by atoms with Crippen molar-refractivity contribution < 1.29 is 0 Å². The average molecular weight is 221 g/mol. The van der Waals surface area contributed by atoms with Gasteiger partial charge in [-0.25, -0.2) is 9.97 Å². The van der Waals surface area contributed by atoms with Crippen LogP contribution < -0.4 is 5.32 Å². The van der Waals surface area contributed by atoms with Crippen LogP contribution in [-0.2, 0) is 6.42 Å². The fourth-order valence-electron chi connectivity index (χ4n) is 1.71. The van der Waals surface area contributed by atoms with E-state index >= 15 is 0 Å². The minimum atomic E-state index is 0.466. The second kappa shape index (κ2) is 4.68. The Morgan fingerprint density at radius 2 is 2.33 bits per heavy atom. The van der Waals surface area contributed by atoms with E-state index in [-0.39, 0.29) is 0 Å². The molecule has 0 spiro atoms. The second-order valence-electron chi connectivity index (χ2n) is 3.62. The number of hydrogen-bond acceptors (Lipinski definition) is 4. The van der Waals surface area contributed by atoms with E-state index in [4.69, 9.17) is 0 Å². The first-order valence-electron chi connectivity index (χ1n) is 5.21. The molecular formula is C11H15N3S. The Labute approximate surface area is 93.6 Å². The fraction of sp³-hybridized carbons (Fsp3) is 0.455. The van der Waals surface area contributed by atoms with E-state index in [1.165, 1.54) is 5.39 Å². The molecule has 0 radical (unpaired) electrons. The van der Waals surface area contributed by atoms with E-state index in [9.17, 15) is 0 Å². The second-order valence-corrected chi connectivity index (χ2v) is 4.52. The van der Waals surface area contributed by atoms with Gasteiger partial charge in [0.05, 0.1) is 5.69 Å². The van der Waals surface area contributed by atoms with Crippen LogP contribution in [0.25, 0.3) is 10.2 Å². The summed E-state index contributed by atoms with van der Waals surface area (Å²) in [6.45, 7) is 5.31. The van der Waals surface area contributed by atoms with Gasteiger partial charge in [0, 0.05) is 17.8 Å². The Morgan fingerprint density at radius 3 is 3.13 bits per heavy atom. The predicted octanol–water partition coefficient (Wildman–Crippen LogP) is 2.23. The molecule has 0 fully saturated rings. The fourth-order valence-corrected chi connectivity index (χ4v) is 2.47. The molecule has 2 heterocycles. The third kappa shape index (κ3) is 2.33. The highest BCUT2D eigenvalue weighted by molar-refractivity contribution is 7.16. The van der Waals surface area contributed by atoms with E-state index in [2.05, 4.69) is 40.6 Å². The van der Waals surface area contributed by atoms with Gasteiger partial charge in [0.1, 0.15) is 11.2 Å². The number of hydrogen-bond donors (Lipinski definition) is 1. The minimum Gasteiger partial charge on any atom is -0.314 e. The number of fused-ring (bicyclic) bond motifs is 1. The van der Waals surface area contributed by atoms with Gasteiger partial charge in [-0.3, -0.25) is 0 Å². The molecule has 2 aromatic rings. The maximum atomic E-state index is 4.36. The molecule has 0 aliphatic carbocycles. The third-order valence-corrected chi connectivity index (χ3v) is 3.22. The van der Waals surface area contributed by atoms with Crippen LogP contribution in [-0.4, -0.2) is 22.6 Å². The van der Waals surface area contributed by atoms with Crippen molar-refractivity contribution in [3.63, 3.8) is 0 Å². The molecule has 0 aliphatic heterocycles. The van der Waals surface area contributed by atoms with E-state index in [1.807, 2.05) is 0 Å². The van der Waals surface area contributed by atoms with Crippen LogP contribution in [0.5, 0.6) is 0 Å². The van der Waals surface area contributed by atoms with E-state index in [1.54, 1.807) is 17.7 Å². The van der Waals surface area contributed by atoms with Crippen LogP contribution in [0, 0.1) is 0 Å². The van der Waals surface area contributed by atoms with Crippen molar-refractivity contribution in [2.75, 3.05) is 6.54 Å². The maximum absolute atomic E-state index is 4.36. The summed E-state index contributed by atoms with van der Waals surface area (Å²) in [6, 6.07) is 2.57. The average Bonchev–Trinajstić information content (AvgIpc) is 2.67. The van der Waals surface area contributed by atoms with Gasteiger partial charge in [-0.15, -0.1) is 11.3 Å². The zero-order valence-electron chi connectivity index (χ0n) is 9.03. The van der Waals surface area contributed by atoms with Crippen LogP contribution in [0.3, 0.4) is 0 Å². The Morgan fingerprint density at radius 1 is 1.47 bits per heavy atom. The van der Waals surface area contributed by atoms with Crippen molar-refractivity contribution in [2.45, 2.75) is 26.3 Å². The highest BCUT2D eigenvalue weighted by atomic mass is 32.1. The normalized spacial score (nSPS) is 13.2. The van der Waals surface area contributed by atoms with Crippen LogP contribution >= 0.6 is 11.3 Å². The Balaban J connectivity index is 2.23. The Kier molecular flexibility index (Phi) is 3.28. The lowest BCUT2D eigenvalue weighted by atomic mass is 10.1. The van der Waals surface area contributed by atoms with Gasteiger partial charge in [0.25, 0.3) is 0 Å². The lowest BCUT2D eigenvalue weighted by molar-refractivity contribution is 0.561. The van der Waals surface area contributed by atoms with E-state index < -0.39 is 0 Å². The molecule has 3 nitrogen and oxygen atoms in total. The molecule has 0 bridgehead atoms. The smallest absolute Gasteiger partial charge is 0.126 e. The summed E-state index contributed by atoms with van der Waals surface area (Å²) in [4.78, 5) is 9.69. The lowest BCUT2D eigenvalue weighted by Crippen LogP contribution is -2.27. The first-order valence-corrected chi connectivity index (χ1v) is 6.09. The molecule has 0 aromatic carbocycles. The third-order valence-electron chi connectivity index (χ3n) is 2.40. The molecule has 80 valence electrons. The number of aromatic nitrogens is 2. The summed E-state index contributed by atoms with van der Waals surface area (Å²) in [6.07, 6.45) is 2.62. The molecule has 15 heavy (non-hydrogen) atoms. The topological polar surface area (TPSA) is 37.8 Å². The van der Waals surface area contributed by atoms with Gasteiger partial charge in [-0.2, -0.15) is 0 Å². The van der Waals surface area contributed by atoms with Crippen molar-refractivity contribution >= 4 is 21.6 Å². The molecule has 0 amide bonds. The number of nitrogens with one attached hydrogen (secondary N) is 1. The van der Waals surface area contributed by atoms with Crippen molar-refractivity contribution in [3.8, 4) is 0 Å². The first kappa shape index (κ1) is 10.5. The monoisotopic (exact) mass is 221 g/mol. The van der Waals surface area contributed by atoms with Gasteiger partial charge in [-0.1, -0.05) is 6.92 Å². The van der Waals surface area contributed by atoms with Gasteiger partial charge in [0.15, 0.2) is 0 Å². The minimum absolute atomic E-state index is 0.466. The predicted molar refractivity (Wildman–Crippen MR) is 64.3 cm³/mol. The number of nitrogens with zero attached hydrogens (tertiary/aromatic N) is 2. The highest BCUT2D eigenvalue weighted by Gasteiger charge is 2.08. The quantitative estimate of drug-likeness (QED) is 0.860. The van der Waals surface area contributed by atoms with Crippen molar-refractivity contribution in [1.82, 2.24) is 15.3 Å². The van der Waals surface area contributed by atoms with Gasteiger partial charge < -0.3 is 5.32 Å². The zero-order chi connectivity index (χ0) is 10.7. The summed E-state index contributed by atoms with van der Waals surface area (Å²) in [5.41, 5.74) is 1.15. The van der Waals surface area contributed by atoms with Gasteiger partial charge in [-0.05, 0) is 24.9 Å².